The lowest BCUT2D eigenvalue weighted by Gasteiger charge is -2.29. The van der Waals surface area contributed by atoms with Crippen LogP contribution in [0.3, 0.4) is 0 Å². The molecule has 0 aromatic carbocycles. The van der Waals surface area contributed by atoms with Gasteiger partial charge in [-0.25, -0.2) is 0 Å². The van der Waals surface area contributed by atoms with Gasteiger partial charge in [0.25, 0.3) is 5.56 Å². The van der Waals surface area contributed by atoms with Gasteiger partial charge in [-0.15, -0.1) is 0 Å². The Morgan fingerprint density at radius 2 is 2.14 bits per heavy atom. The van der Waals surface area contributed by atoms with Gasteiger partial charge in [-0.3, -0.25) is 9.59 Å². The second-order valence-corrected chi connectivity index (χ2v) is 6.11. The topological polar surface area (TPSA) is 80.6 Å². The predicted molar refractivity (Wildman–Crippen MR) is 81.3 cm³/mol. The summed E-state index contributed by atoms with van der Waals surface area (Å²) >= 11 is 3.39. The maximum atomic E-state index is 11.6. The number of pyridine rings is 1. The Hall–Kier alpha value is -1.34. The largest absolute Gasteiger partial charge is 0.489 e. The fourth-order valence-corrected chi connectivity index (χ4v) is 2.96. The SMILES string of the molecule is Cn1cc(Br)c(O[C@H]2CC[C@H](NC(=O)CO)CC2)cc1=O. The zero-order valence-corrected chi connectivity index (χ0v) is 13.4. The van der Waals surface area contributed by atoms with Crippen LogP contribution in [0.1, 0.15) is 25.7 Å². The van der Waals surface area contributed by atoms with E-state index in [0.717, 1.165) is 30.2 Å². The van der Waals surface area contributed by atoms with Crippen molar-refractivity contribution in [2.75, 3.05) is 6.61 Å². The maximum Gasteiger partial charge on any atom is 0.254 e. The van der Waals surface area contributed by atoms with Crippen molar-refractivity contribution in [3.8, 4) is 5.75 Å². The number of hydrogen-bond acceptors (Lipinski definition) is 4. The van der Waals surface area contributed by atoms with Gasteiger partial charge in [0, 0.05) is 25.4 Å². The highest BCUT2D eigenvalue weighted by molar-refractivity contribution is 9.10. The van der Waals surface area contributed by atoms with Crippen molar-refractivity contribution >= 4 is 21.8 Å². The highest BCUT2D eigenvalue weighted by Gasteiger charge is 2.24. The molecule has 0 bridgehead atoms. The first-order valence-electron chi connectivity index (χ1n) is 6.92. The minimum absolute atomic E-state index is 0.0377. The number of ether oxygens (including phenoxy) is 1. The van der Waals surface area contributed by atoms with Gasteiger partial charge in [0.2, 0.25) is 5.91 Å². The first-order chi connectivity index (χ1) is 9.99. The van der Waals surface area contributed by atoms with Gasteiger partial charge < -0.3 is 19.7 Å². The van der Waals surface area contributed by atoms with Crippen molar-refractivity contribution in [1.82, 2.24) is 9.88 Å². The second kappa shape index (κ2) is 7.09. The number of nitrogens with zero attached hydrogens (tertiary/aromatic N) is 1. The molecule has 0 unspecified atom stereocenters. The summed E-state index contributed by atoms with van der Waals surface area (Å²) in [6.45, 7) is -0.476. The number of aliphatic hydroxyl groups excluding tert-OH is 1. The van der Waals surface area contributed by atoms with Crippen LogP contribution in [-0.4, -0.2) is 34.3 Å². The van der Waals surface area contributed by atoms with Crippen LogP contribution in [0.25, 0.3) is 0 Å². The van der Waals surface area contributed by atoms with Crippen LogP contribution in [0, 0.1) is 0 Å². The minimum atomic E-state index is -0.476. The lowest BCUT2D eigenvalue weighted by molar-refractivity contribution is -0.124. The van der Waals surface area contributed by atoms with E-state index in [4.69, 9.17) is 9.84 Å². The molecule has 0 radical (unpaired) electrons. The molecule has 7 heteroatoms. The van der Waals surface area contributed by atoms with Gasteiger partial charge >= 0.3 is 0 Å². The first-order valence-corrected chi connectivity index (χ1v) is 7.72. The summed E-state index contributed by atoms with van der Waals surface area (Å²) in [7, 11) is 1.69. The summed E-state index contributed by atoms with van der Waals surface area (Å²) in [5.41, 5.74) is -0.114. The smallest absolute Gasteiger partial charge is 0.254 e. The van der Waals surface area contributed by atoms with Gasteiger partial charge in [0.1, 0.15) is 12.4 Å². The average Bonchev–Trinajstić information content (AvgIpc) is 2.46. The molecular weight excluding hydrogens is 340 g/mol. The predicted octanol–water partition coefficient (Wildman–Crippen LogP) is 0.946. The fraction of sp³-hybridized carbons (Fsp3) is 0.571. The van der Waals surface area contributed by atoms with Crippen LogP contribution < -0.4 is 15.6 Å². The molecule has 0 atom stereocenters. The van der Waals surface area contributed by atoms with E-state index in [1.807, 2.05) is 0 Å². The number of amides is 1. The molecule has 2 rings (SSSR count). The Morgan fingerprint density at radius 3 is 2.76 bits per heavy atom. The zero-order chi connectivity index (χ0) is 15.4. The molecule has 21 heavy (non-hydrogen) atoms. The molecule has 1 aromatic heterocycles. The summed E-state index contributed by atoms with van der Waals surface area (Å²) in [5, 5.41) is 11.5. The summed E-state index contributed by atoms with van der Waals surface area (Å²) in [6.07, 6.45) is 4.94. The molecular formula is C14H19BrN2O4. The minimum Gasteiger partial charge on any atom is -0.489 e. The quantitative estimate of drug-likeness (QED) is 0.839. The molecule has 0 spiro atoms. The van der Waals surface area contributed by atoms with Gasteiger partial charge in [-0.1, -0.05) is 0 Å². The lowest BCUT2D eigenvalue weighted by Crippen LogP contribution is -2.40. The number of aryl methyl sites for hydroxylation is 1. The number of nitrogens with one attached hydrogen (secondary N) is 1. The van der Waals surface area contributed by atoms with Crippen molar-refractivity contribution in [1.29, 1.82) is 0 Å². The zero-order valence-electron chi connectivity index (χ0n) is 11.8. The normalized spacial score (nSPS) is 21.9. The average molecular weight is 359 g/mol. The molecule has 0 aliphatic heterocycles. The Balaban J connectivity index is 1.90. The standard InChI is InChI=1S/C14H19BrN2O4/c1-17-7-11(15)12(6-14(17)20)21-10-4-2-9(3-5-10)16-13(19)8-18/h6-7,9-10,18H,2-5,8H2,1H3,(H,16,19)/t9-,10-. The summed E-state index contributed by atoms with van der Waals surface area (Å²) in [6, 6.07) is 1.57. The highest BCUT2D eigenvalue weighted by atomic mass is 79.9. The van der Waals surface area contributed by atoms with E-state index in [0.29, 0.717) is 5.75 Å². The van der Waals surface area contributed by atoms with E-state index < -0.39 is 6.61 Å². The molecule has 0 saturated heterocycles. The van der Waals surface area contributed by atoms with E-state index in [-0.39, 0.29) is 23.6 Å². The summed E-state index contributed by atoms with van der Waals surface area (Å²) in [5.74, 6) is 0.217. The molecule has 116 valence electrons. The Kier molecular flexibility index (Phi) is 5.41. The monoisotopic (exact) mass is 358 g/mol. The Labute approximate surface area is 131 Å². The first kappa shape index (κ1) is 16.0. The van der Waals surface area contributed by atoms with E-state index in [1.165, 1.54) is 10.6 Å². The molecule has 1 amide bonds. The Morgan fingerprint density at radius 1 is 1.48 bits per heavy atom. The molecule has 1 heterocycles. The third-order valence-corrected chi connectivity index (χ3v) is 4.22. The number of aliphatic hydroxyl groups is 1. The highest BCUT2D eigenvalue weighted by Crippen LogP contribution is 2.28. The van der Waals surface area contributed by atoms with Crippen LogP contribution in [0.5, 0.6) is 5.75 Å². The number of carbonyl (C=O) groups is 1. The van der Waals surface area contributed by atoms with E-state index in [9.17, 15) is 9.59 Å². The summed E-state index contributed by atoms with van der Waals surface area (Å²) < 4.78 is 8.11. The second-order valence-electron chi connectivity index (χ2n) is 5.25. The summed E-state index contributed by atoms with van der Waals surface area (Å²) in [4.78, 5) is 22.8. The van der Waals surface area contributed by atoms with Crippen molar-refractivity contribution in [2.24, 2.45) is 7.05 Å². The molecule has 1 aromatic rings. The lowest BCUT2D eigenvalue weighted by atomic mass is 9.93. The van der Waals surface area contributed by atoms with Crippen LogP contribution in [-0.2, 0) is 11.8 Å². The number of hydrogen-bond donors (Lipinski definition) is 2. The molecule has 1 saturated carbocycles. The fourth-order valence-electron chi connectivity index (χ4n) is 2.45. The van der Waals surface area contributed by atoms with Gasteiger partial charge in [-0.2, -0.15) is 0 Å². The van der Waals surface area contributed by atoms with Crippen LogP contribution >= 0.6 is 15.9 Å². The molecule has 1 fully saturated rings. The van der Waals surface area contributed by atoms with Gasteiger partial charge in [0.15, 0.2) is 0 Å². The molecule has 1 aliphatic carbocycles. The molecule has 2 N–H and O–H groups in total. The van der Waals surface area contributed by atoms with E-state index in [1.54, 1.807) is 13.2 Å². The number of halogens is 1. The molecule has 1 aliphatic rings. The van der Waals surface area contributed by atoms with E-state index >= 15 is 0 Å². The maximum absolute atomic E-state index is 11.6. The van der Waals surface area contributed by atoms with Crippen molar-refractivity contribution in [3.63, 3.8) is 0 Å². The van der Waals surface area contributed by atoms with Crippen LogP contribution in [0.2, 0.25) is 0 Å². The Bertz CT molecular complexity index is 565. The number of rotatable bonds is 4. The van der Waals surface area contributed by atoms with Gasteiger partial charge in [-0.05, 0) is 41.6 Å². The van der Waals surface area contributed by atoms with Gasteiger partial charge in [0.05, 0.1) is 10.6 Å². The van der Waals surface area contributed by atoms with Crippen molar-refractivity contribution < 1.29 is 14.6 Å². The van der Waals surface area contributed by atoms with Crippen LogP contribution in [0.15, 0.2) is 21.5 Å². The van der Waals surface area contributed by atoms with Crippen LogP contribution in [0.4, 0.5) is 0 Å². The number of aromatic nitrogens is 1. The molecule has 6 nitrogen and oxygen atoms in total. The van der Waals surface area contributed by atoms with E-state index in [2.05, 4.69) is 21.2 Å². The third kappa shape index (κ3) is 4.31. The third-order valence-electron chi connectivity index (χ3n) is 3.62. The van der Waals surface area contributed by atoms with Crippen molar-refractivity contribution in [3.05, 3.63) is 27.1 Å². The van der Waals surface area contributed by atoms with Crippen molar-refractivity contribution in [2.45, 2.75) is 37.8 Å². The number of carbonyl (C=O) groups excluding carboxylic acids is 1.